The molecule has 2 amide bonds. The van der Waals surface area contributed by atoms with Crippen LogP contribution in [0.25, 0.3) is 5.69 Å². The van der Waals surface area contributed by atoms with E-state index in [0.29, 0.717) is 11.3 Å². The zero-order valence-corrected chi connectivity index (χ0v) is 14.9. The Labute approximate surface area is 155 Å². The number of aromatic nitrogens is 2. The van der Waals surface area contributed by atoms with Crippen molar-refractivity contribution in [3.05, 3.63) is 75.7 Å². The van der Waals surface area contributed by atoms with Crippen LogP contribution in [0.5, 0.6) is 0 Å². The van der Waals surface area contributed by atoms with E-state index >= 15 is 0 Å². The van der Waals surface area contributed by atoms with Crippen molar-refractivity contribution in [2.24, 2.45) is 7.05 Å². The smallest absolute Gasteiger partial charge is 0.295 e. The number of nitrogens with zero attached hydrogens (tertiary/aromatic N) is 2. The summed E-state index contributed by atoms with van der Waals surface area (Å²) < 4.78 is 3.22. The second-order valence-electron chi connectivity index (χ2n) is 6.49. The molecule has 0 fully saturated rings. The van der Waals surface area contributed by atoms with Gasteiger partial charge in [0.05, 0.1) is 17.8 Å². The molecule has 3 aromatic rings. The van der Waals surface area contributed by atoms with Crippen LogP contribution < -0.4 is 16.2 Å². The number of fused-ring (bicyclic) bond motifs is 1. The third kappa shape index (κ3) is 2.83. The summed E-state index contributed by atoms with van der Waals surface area (Å²) in [5.41, 5.74) is 3.21. The number of anilines is 2. The third-order valence-corrected chi connectivity index (χ3v) is 4.79. The van der Waals surface area contributed by atoms with Gasteiger partial charge in [-0.05, 0) is 42.8 Å². The highest BCUT2D eigenvalue weighted by atomic mass is 16.2. The van der Waals surface area contributed by atoms with Crippen LogP contribution in [0.2, 0.25) is 0 Å². The SMILES string of the molecule is Cc1c(NC(=O)c2ccc3c(c2)CC(=O)N3)c(=O)n(-c2ccccc2)n1C. The molecule has 27 heavy (non-hydrogen) atoms. The second kappa shape index (κ2) is 6.28. The second-order valence-corrected chi connectivity index (χ2v) is 6.49. The van der Waals surface area contributed by atoms with Gasteiger partial charge in [-0.25, -0.2) is 4.68 Å². The summed E-state index contributed by atoms with van der Waals surface area (Å²) in [7, 11) is 1.77. The van der Waals surface area contributed by atoms with Crippen LogP contribution in [-0.4, -0.2) is 21.2 Å². The van der Waals surface area contributed by atoms with E-state index in [0.717, 1.165) is 16.9 Å². The Morgan fingerprint density at radius 1 is 1.11 bits per heavy atom. The molecule has 0 atom stereocenters. The monoisotopic (exact) mass is 362 g/mol. The van der Waals surface area contributed by atoms with E-state index < -0.39 is 0 Å². The van der Waals surface area contributed by atoms with E-state index in [1.807, 2.05) is 30.3 Å². The number of rotatable bonds is 3. The number of hydrogen-bond donors (Lipinski definition) is 2. The Hall–Kier alpha value is -3.61. The molecule has 2 aromatic carbocycles. The fourth-order valence-electron chi connectivity index (χ4n) is 3.27. The number of benzene rings is 2. The van der Waals surface area contributed by atoms with Crippen LogP contribution in [0.4, 0.5) is 11.4 Å². The fraction of sp³-hybridized carbons (Fsp3) is 0.150. The molecule has 4 rings (SSSR count). The van der Waals surface area contributed by atoms with Crippen molar-refractivity contribution in [1.29, 1.82) is 0 Å². The van der Waals surface area contributed by atoms with Crippen LogP contribution >= 0.6 is 0 Å². The molecule has 2 heterocycles. The zero-order chi connectivity index (χ0) is 19.1. The Kier molecular flexibility index (Phi) is 3.92. The quantitative estimate of drug-likeness (QED) is 0.749. The van der Waals surface area contributed by atoms with E-state index in [1.54, 1.807) is 36.9 Å². The minimum absolute atomic E-state index is 0.0905. The lowest BCUT2D eigenvalue weighted by atomic mass is 10.1. The molecule has 136 valence electrons. The van der Waals surface area contributed by atoms with Gasteiger partial charge in [-0.1, -0.05) is 18.2 Å². The molecule has 0 bridgehead atoms. The number of carbonyl (C=O) groups excluding carboxylic acids is 2. The Balaban J connectivity index is 1.68. The lowest BCUT2D eigenvalue weighted by Gasteiger charge is -2.07. The van der Waals surface area contributed by atoms with Crippen LogP contribution in [0.1, 0.15) is 21.6 Å². The van der Waals surface area contributed by atoms with Gasteiger partial charge in [-0.3, -0.25) is 19.1 Å². The highest BCUT2D eigenvalue weighted by molar-refractivity contribution is 6.06. The van der Waals surface area contributed by atoms with Gasteiger partial charge in [0.25, 0.3) is 11.5 Å². The first-order valence-corrected chi connectivity index (χ1v) is 8.54. The van der Waals surface area contributed by atoms with Crippen molar-refractivity contribution in [3.8, 4) is 5.69 Å². The van der Waals surface area contributed by atoms with Crippen molar-refractivity contribution in [2.45, 2.75) is 13.3 Å². The predicted molar refractivity (Wildman–Crippen MR) is 102 cm³/mol. The minimum atomic E-state index is -0.386. The van der Waals surface area contributed by atoms with Gasteiger partial charge < -0.3 is 10.6 Å². The van der Waals surface area contributed by atoms with Gasteiger partial charge in [0.1, 0.15) is 5.69 Å². The summed E-state index contributed by atoms with van der Waals surface area (Å²) in [4.78, 5) is 37.0. The standard InChI is InChI=1S/C20H18N4O3/c1-12-18(20(27)24(23(12)2)15-6-4-3-5-7-15)22-19(26)13-8-9-16-14(10-13)11-17(25)21-16/h3-10H,11H2,1-2H3,(H,21,25)(H,22,26). The Morgan fingerprint density at radius 3 is 2.59 bits per heavy atom. The van der Waals surface area contributed by atoms with Gasteiger partial charge in [0.15, 0.2) is 0 Å². The summed E-state index contributed by atoms with van der Waals surface area (Å²) in [5, 5.41) is 5.46. The molecule has 1 aliphatic rings. The van der Waals surface area contributed by atoms with Crippen LogP contribution in [0, 0.1) is 6.92 Å². The molecule has 0 aliphatic carbocycles. The number of nitrogens with one attached hydrogen (secondary N) is 2. The summed E-state index contributed by atoms with van der Waals surface area (Å²) >= 11 is 0. The third-order valence-electron chi connectivity index (χ3n) is 4.79. The highest BCUT2D eigenvalue weighted by Gasteiger charge is 2.21. The summed E-state index contributed by atoms with van der Waals surface area (Å²) in [6, 6.07) is 14.2. The van der Waals surface area contributed by atoms with Crippen molar-refractivity contribution in [3.63, 3.8) is 0 Å². The van der Waals surface area contributed by atoms with Crippen molar-refractivity contribution >= 4 is 23.2 Å². The van der Waals surface area contributed by atoms with Gasteiger partial charge in [-0.2, -0.15) is 0 Å². The lowest BCUT2D eigenvalue weighted by molar-refractivity contribution is -0.115. The molecule has 7 nitrogen and oxygen atoms in total. The van der Waals surface area contributed by atoms with E-state index in [2.05, 4.69) is 10.6 Å². The van der Waals surface area contributed by atoms with E-state index in [9.17, 15) is 14.4 Å². The van der Waals surface area contributed by atoms with Crippen molar-refractivity contribution in [1.82, 2.24) is 9.36 Å². The summed E-state index contributed by atoms with van der Waals surface area (Å²) in [6.07, 6.45) is 0.252. The van der Waals surface area contributed by atoms with E-state index in [-0.39, 0.29) is 29.5 Å². The average molecular weight is 362 g/mol. The minimum Gasteiger partial charge on any atom is -0.326 e. The van der Waals surface area contributed by atoms with Crippen LogP contribution in [0.3, 0.4) is 0 Å². The number of hydrogen-bond acceptors (Lipinski definition) is 3. The molecule has 0 radical (unpaired) electrons. The number of para-hydroxylation sites is 1. The average Bonchev–Trinajstić information content (AvgIpc) is 3.13. The van der Waals surface area contributed by atoms with Gasteiger partial charge in [0, 0.05) is 18.3 Å². The number of carbonyl (C=O) groups is 2. The first-order valence-electron chi connectivity index (χ1n) is 8.54. The molecule has 7 heteroatoms. The van der Waals surface area contributed by atoms with Gasteiger partial charge in [0.2, 0.25) is 5.91 Å². The zero-order valence-electron chi connectivity index (χ0n) is 14.9. The van der Waals surface area contributed by atoms with E-state index in [1.165, 1.54) is 4.68 Å². The normalized spacial score (nSPS) is 12.6. The number of amides is 2. The molecule has 1 aliphatic heterocycles. The maximum atomic E-state index is 12.9. The largest absolute Gasteiger partial charge is 0.326 e. The molecular weight excluding hydrogens is 344 g/mol. The van der Waals surface area contributed by atoms with Crippen molar-refractivity contribution in [2.75, 3.05) is 10.6 Å². The molecular formula is C20H18N4O3. The predicted octanol–water partition coefficient (Wildman–Crippen LogP) is 2.23. The molecule has 0 unspecified atom stereocenters. The topological polar surface area (TPSA) is 85.1 Å². The fourth-order valence-corrected chi connectivity index (χ4v) is 3.27. The lowest BCUT2D eigenvalue weighted by Crippen LogP contribution is -2.23. The Morgan fingerprint density at radius 2 is 1.85 bits per heavy atom. The molecule has 0 saturated heterocycles. The van der Waals surface area contributed by atoms with E-state index in [4.69, 9.17) is 0 Å². The maximum absolute atomic E-state index is 12.9. The van der Waals surface area contributed by atoms with Gasteiger partial charge in [-0.15, -0.1) is 0 Å². The molecule has 1 aromatic heterocycles. The van der Waals surface area contributed by atoms with Gasteiger partial charge >= 0.3 is 0 Å². The maximum Gasteiger partial charge on any atom is 0.295 e. The summed E-state index contributed by atoms with van der Waals surface area (Å²) in [6.45, 7) is 1.78. The highest BCUT2D eigenvalue weighted by Crippen LogP contribution is 2.24. The Bertz CT molecular complexity index is 1130. The van der Waals surface area contributed by atoms with Crippen LogP contribution in [-0.2, 0) is 18.3 Å². The molecule has 0 saturated carbocycles. The first kappa shape index (κ1) is 16.8. The first-order chi connectivity index (χ1) is 13.0. The van der Waals surface area contributed by atoms with Crippen molar-refractivity contribution < 1.29 is 9.59 Å². The molecule has 2 N–H and O–H groups in total. The van der Waals surface area contributed by atoms with Crippen LogP contribution in [0.15, 0.2) is 53.3 Å². The summed E-state index contributed by atoms with van der Waals surface area (Å²) in [5.74, 6) is -0.477. The molecule has 0 spiro atoms.